The van der Waals surface area contributed by atoms with Crippen molar-refractivity contribution in [2.24, 2.45) is 5.41 Å². The molecule has 0 atom stereocenters. The molecule has 4 nitrogen and oxygen atoms in total. The summed E-state index contributed by atoms with van der Waals surface area (Å²) in [5.41, 5.74) is 0.801. The lowest BCUT2D eigenvalue weighted by Gasteiger charge is -2.15. The maximum atomic E-state index is 8.70. The van der Waals surface area contributed by atoms with Crippen LogP contribution in [0, 0.1) is 17.3 Å². The molecular weight excluding hydrogens is 448 g/mol. The van der Waals surface area contributed by atoms with E-state index in [1.165, 1.54) is 38.5 Å². The van der Waals surface area contributed by atoms with E-state index in [1.54, 1.807) is 6.92 Å². The van der Waals surface area contributed by atoms with Gasteiger partial charge < -0.3 is 15.1 Å². The van der Waals surface area contributed by atoms with Gasteiger partial charge in [0.15, 0.2) is 5.75 Å². The zero-order valence-corrected chi connectivity index (χ0v) is 24.7. The third-order valence-electron chi connectivity index (χ3n) is 6.12. The zero-order chi connectivity index (χ0) is 27.5. The van der Waals surface area contributed by atoms with Crippen molar-refractivity contribution in [2.75, 3.05) is 13.2 Å². The minimum Gasteiger partial charge on any atom is -0.396 e. The molecule has 3 rings (SSSR count). The maximum Gasteiger partial charge on any atom is 0.165 e. The molecule has 2 aliphatic carbocycles. The minimum atomic E-state index is -0.0327. The normalized spacial score (nSPS) is 14.8. The maximum absolute atomic E-state index is 8.70. The Morgan fingerprint density at radius 2 is 1.31 bits per heavy atom. The quantitative estimate of drug-likeness (QED) is 0.136. The van der Waals surface area contributed by atoms with Gasteiger partial charge in [-0.05, 0) is 63.0 Å². The molecule has 1 aromatic carbocycles. The van der Waals surface area contributed by atoms with Gasteiger partial charge in [-0.2, -0.15) is 4.89 Å². The van der Waals surface area contributed by atoms with Gasteiger partial charge in [-0.15, -0.1) is 5.92 Å². The summed E-state index contributed by atoms with van der Waals surface area (Å²) in [6.45, 7) is 15.1. The van der Waals surface area contributed by atoms with Crippen LogP contribution in [0.1, 0.15) is 132 Å². The number of unbranched alkanes of at least 4 members (excludes halogenated alkanes) is 3. The lowest BCUT2D eigenvalue weighted by Crippen LogP contribution is -2.16. The van der Waals surface area contributed by atoms with Crippen LogP contribution in [0.5, 0.6) is 5.75 Å². The summed E-state index contributed by atoms with van der Waals surface area (Å²) in [7, 11) is 0. The number of para-hydroxylation sites is 1. The fraction of sp³-hybridized carbons (Fsp3) is 0.750. The van der Waals surface area contributed by atoms with E-state index in [0.29, 0.717) is 6.61 Å². The Bertz CT molecular complexity index is 617. The Balaban J connectivity index is 0. The first-order valence-electron chi connectivity index (χ1n) is 14.4. The van der Waals surface area contributed by atoms with Gasteiger partial charge in [0.1, 0.15) is 12.2 Å². The van der Waals surface area contributed by atoms with Crippen molar-refractivity contribution in [3.63, 3.8) is 0 Å². The van der Waals surface area contributed by atoms with E-state index >= 15 is 0 Å². The monoisotopic (exact) mass is 506 g/mol. The number of rotatable bonds is 11. The van der Waals surface area contributed by atoms with Crippen molar-refractivity contribution >= 4 is 0 Å². The van der Waals surface area contributed by atoms with Crippen molar-refractivity contribution in [3.05, 3.63) is 30.3 Å². The van der Waals surface area contributed by atoms with Crippen LogP contribution in [0.25, 0.3) is 0 Å². The highest BCUT2D eigenvalue weighted by atomic mass is 17.2. The van der Waals surface area contributed by atoms with Crippen LogP contribution in [0.2, 0.25) is 0 Å². The molecule has 0 amide bonds. The Kier molecular flexibility index (Phi) is 25.6. The van der Waals surface area contributed by atoms with E-state index in [-0.39, 0.29) is 12.2 Å². The van der Waals surface area contributed by atoms with E-state index in [4.69, 9.17) is 20.0 Å². The second-order valence-electron chi connectivity index (χ2n) is 9.76. The van der Waals surface area contributed by atoms with E-state index in [0.717, 1.165) is 56.1 Å². The molecule has 0 radical (unpaired) electrons. The SMILES string of the molecule is CC#CCO.CCC.CCC.CCC1(CC)CC1.OCCCCCCC1(OOc2ccccc2)CC1. The number of aliphatic hydroxyl groups excluding tert-OH is 2. The molecule has 4 heteroatoms. The topological polar surface area (TPSA) is 58.9 Å². The molecule has 0 heterocycles. The summed E-state index contributed by atoms with van der Waals surface area (Å²) in [5.74, 6) is 5.70. The van der Waals surface area contributed by atoms with E-state index in [2.05, 4.69) is 53.4 Å². The van der Waals surface area contributed by atoms with E-state index in [9.17, 15) is 0 Å². The van der Waals surface area contributed by atoms with Gasteiger partial charge in [0.05, 0.1) is 0 Å². The second-order valence-corrected chi connectivity index (χ2v) is 9.76. The highest BCUT2D eigenvalue weighted by Crippen LogP contribution is 2.51. The number of hydrogen-bond donors (Lipinski definition) is 2. The van der Waals surface area contributed by atoms with Gasteiger partial charge in [-0.3, -0.25) is 0 Å². The summed E-state index contributed by atoms with van der Waals surface area (Å²) in [5, 5.41) is 16.6. The first-order chi connectivity index (χ1) is 17.4. The molecule has 2 saturated carbocycles. The smallest absolute Gasteiger partial charge is 0.165 e. The summed E-state index contributed by atoms with van der Waals surface area (Å²) in [4.78, 5) is 11.0. The van der Waals surface area contributed by atoms with Gasteiger partial charge in [-0.25, -0.2) is 0 Å². The molecular formula is C32H58O4. The lowest BCUT2D eigenvalue weighted by atomic mass is 10.0. The number of benzene rings is 1. The summed E-state index contributed by atoms with van der Waals surface area (Å²) in [6.07, 6.45) is 15.9. The van der Waals surface area contributed by atoms with E-state index in [1.807, 2.05) is 30.3 Å². The molecule has 0 aromatic heterocycles. The van der Waals surface area contributed by atoms with Gasteiger partial charge in [0.2, 0.25) is 0 Å². The van der Waals surface area contributed by atoms with Crippen LogP contribution in [-0.4, -0.2) is 29.0 Å². The third-order valence-corrected chi connectivity index (χ3v) is 6.12. The van der Waals surface area contributed by atoms with Crippen LogP contribution in [0.15, 0.2) is 30.3 Å². The minimum absolute atomic E-state index is 0.0174. The summed E-state index contributed by atoms with van der Waals surface area (Å²) < 4.78 is 0. The molecule has 2 N–H and O–H groups in total. The average Bonchev–Trinajstić information content (AvgIpc) is 3.82. The largest absolute Gasteiger partial charge is 0.396 e. The summed E-state index contributed by atoms with van der Waals surface area (Å²) in [6, 6.07) is 9.63. The lowest BCUT2D eigenvalue weighted by molar-refractivity contribution is -0.259. The van der Waals surface area contributed by atoms with Crippen molar-refractivity contribution in [2.45, 2.75) is 138 Å². The summed E-state index contributed by atoms with van der Waals surface area (Å²) >= 11 is 0. The predicted octanol–water partition coefficient (Wildman–Crippen LogP) is 8.89. The average molecular weight is 507 g/mol. The molecule has 36 heavy (non-hydrogen) atoms. The Hall–Kier alpha value is -1.54. The van der Waals surface area contributed by atoms with Crippen molar-refractivity contribution < 1.29 is 20.0 Å². The first kappa shape index (κ1) is 36.6. The standard InChI is InChI=1S/C15H22O3.C7H14.C4H6O.2C3H8/c16-13-7-2-1-6-10-15(11-12-15)18-17-14-8-4-3-5-9-14;1-3-7(4-2)5-6-7;1-2-3-4-5;2*1-3-2/h3-5,8-9,16H,1-2,6-7,10-13H2;3-6H2,1-2H3;5H,4H2,1H3;2*3H2,1-2H3. The fourth-order valence-corrected chi connectivity index (χ4v) is 3.25. The molecule has 2 aliphatic rings. The highest BCUT2D eigenvalue weighted by Gasteiger charge is 2.45. The van der Waals surface area contributed by atoms with E-state index < -0.39 is 0 Å². The molecule has 0 saturated heterocycles. The predicted molar refractivity (Wildman–Crippen MR) is 155 cm³/mol. The molecule has 0 aliphatic heterocycles. The molecule has 2 fully saturated rings. The number of aliphatic hydroxyl groups is 2. The molecule has 1 aromatic rings. The van der Waals surface area contributed by atoms with Gasteiger partial charge in [-0.1, -0.05) is 111 Å². The Morgan fingerprint density at radius 1 is 0.778 bits per heavy atom. The molecule has 0 spiro atoms. The van der Waals surface area contributed by atoms with Crippen LogP contribution >= 0.6 is 0 Å². The van der Waals surface area contributed by atoms with Crippen LogP contribution in [-0.2, 0) is 4.89 Å². The first-order valence-corrected chi connectivity index (χ1v) is 14.4. The van der Waals surface area contributed by atoms with Crippen LogP contribution in [0.4, 0.5) is 0 Å². The number of hydrogen-bond acceptors (Lipinski definition) is 4. The Morgan fingerprint density at radius 3 is 1.64 bits per heavy atom. The van der Waals surface area contributed by atoms with Crippen molar-refractivity contribution in [3.8, 4) is 17.6 Å². The van der Waals surface area contributed by atoms with Crippen LogP contribution in [0.3, 0.4) is 0 Å². The zero-order valence-electron chi connectivity index (χ0n) is 24.7. The van der Waals surface area contributed by atoms with Gasteiger partial charge in [0, 0.05) is 6.61 Å². The molecule has 0 bridgehead atoms. The van der Waals surface area contributed by atoms with Crippen molar-refractivity contribution in [1.29, 1.82) is 0 Å². The second kappa shape index (κ2) is 25.1. The molecule has 210 valence electrons. The van der Waals surface area contributed by atoms with Gasteiger partial charge >= 0.3 is 0 Å². The van der Waals surface area contributed by atoms with Crippen LogP contribution < -0.4 is 4.89 Å². The highest BCUT2D eigenvalue weighted by molar-refractivity contribution is 5.20. The fourth-order valence-electron chi connectivity index (χ4n) is 3.25. The Labute approximate surface area is 224 Å². The van der Waals surface area contributed by atoms with Crippen molar-refractivity contribution in [1.82, 2.24) is 0 Å². The van der Waals surface area contributed by atoms with Gasteiger partial charge in [0.25, 0.3) is 0 Å². The third kappa shape index (κ3) is 21.7. The molecule has 0 unspecified atom stereocenters.